The third kappa shape index (κ3) is 3.45. The molecule has 5 heteroatoms. The number of carboxylic acids is 1. The molecule has 1 atom stereocenters. The number of benzene rings is 2. The van der Waals surface area contributed by atoms with Gasteiger partial charge in [-0.05, 0) is 54.2 Å². The maximum Gasteiger partial charge on any atom is 0.335 e. The van der Waals surface area contributed by atoms with Gasteiger partial charge in [-0.1, -0.05) is 24.3 Å². The molecule has 0 bridgehead atoms. The number of amides is 1. The quantitative estimate of drug-likeness (QED) is 0.886. The van der Waals surface area contributed by atoms with Crippen molar-refractivity contribution in [1.82, 2.24) is 5.32 Å². The Hall–Kier alpha value is -2.69. The second-order valence-electron chi connectivity index (χ2n) is 5.97. The second kappa shape index (κ2) is 6.83. The Balaban J connectivity index is 1.56. The van der Waals surface area contributed by atoms with Crippen LogP contribution >= 0.6 is 0 Å². The Morgan fingerprint density at radius 1 is 1.17 bits per heavy atom. The molecule has 1 aliphatic rings. The number of fused-ring (bicyclic) bond motifs is 1. The summed E-state index contributed by atoms with van der Waals surface area (Å²) in [6, 6.07) is 11.4. The van der Waals surface area contributed by atoms with E-state index in [9.17, 15) is 14.0 Å². The zero-order valence-electron chi connectivity index (χ0n) is 13.1. The molecule has 1 unspecified atom stereocenters. The van der Waals surface area contributed by atoms with E-state index in [-0.39, 0.29) is 23.3 Å². The van der Waals surface area contributed by atoms with E-state index < -0.39 is 5.97 Å². The van der Waals surface area contributed by atoms with E-state index >= 15 is 0 Å². The fourth-order valence-corrected chi connectivity index (χ4v) is 3.10. The second-order valence-corrected chi connectivity index (χ2v) is 5.97. The van der Waals surface area contributed by atoms with Gasteiger partial charge in [0.05, 0.1) is 11.6 Å². The minimum Gasteiger partial charge on any atom is -0.478 e. The summed E-state index contributed by atoms with van der Waals surface area (Å²) in [7, 11) is 0. The number of carbonyl (C=O) groups is 2. The molecule has 2 aromatic rings. The Bertz CT molecular complexity index is 771. The number of rotatable bonds is 5. The van der Waals surface area contributed by atoms with Crippen LogP contribution in [0.3, 0.4) is 0 Å². The van der Waals surface area contributed by atoms with E-state index in [1.807, 2.05) is 6.07 Å². The fraction of sp³-hybridized carbons (Fsp3) is 0.263. The van der Waals surface area contributed by atoms with E-state index in [1.165, 1.54) is 18.2 Å². The molecule has 0 saturated heterocycles. The van der Waals surface area contributed by atoms with E-state index in [4.69, 9.17) is 5.11 Å². The monoisotopic (exact) mass is 327 g/mol. The average Bonchev–Trinajstić information content (AvgIpc) is 2.98. The van der Waals surface area contributed by atoms with Crippen molar-refractivity contribution < 1.29 is 19.1 Å². The number of carbonyl (C=O) groups excluding carboxylic acids is 1. The molecule has 0 saturated carbocycles. The zero-order valence-corrected chi connectivity index (χ0v) is 13.1. The number of aromatic carboxylic acids is 1. The number of halogens is 1. The number of hydrogen-bond acceptors (Lipinski definition) is 2. The SMILES string of the molecule is O=C(CCc1ccc(C(=O)O)cc1)NC1CCc2c(F)cccc21. The van der Waals surface area contributed by atoms with Crippen LogP contribution in [0.5, 0.6) is 0 Å². The molecule has 2 aromatic carbocycles. The first-order valence-electron chi connectivity index (χ1n) is 7.93. The number of carboxylic acid groups (broad SMARTS) is 1. The molecular formula is C19H18FNO3. The molecular weight excluding hydrogens is 309 g/mol. The first-order valence-corrected chi connectivity index (χ1v) is 7.93. The highest BCUT2D eigenvalue weighted by Crippen LogP contribution is 2.32. The van der Waals surface area contributed by atoms with Crippen molar-refractivity contribution in [3.63, 3.8) is 0 Å². The van der Waals surface area contributed by atoms with Crippen molar-refractivity contribution in [3.8, 4) is 0 Å². The molecule has 124 valence electrons. The number of hydrogen-bond donors (Lipinski definition) is 2. The minimum absolute atomic E-state index is 0.0839. The maximum absolute atomic E-state index is 13.7. The van der Waals surface area contributed by atoms with Crippen LogP contribution in [0.4, 0.5) is 4.39 Å². The van der Waals surface area contributed by atoms with Crippen LogP contribution in [-0.2, 0) is 17.6 Å². The molecule has 0 spiro atoms. The summed E-state index contributed by atoms with van der Waals surface area (Å²) in [6.45, 7) is 0. The third-order valence-electron chi connectivity index (χ3n) is 4.39. The van der Waals surface area contributed by atoms with Gasteiger partial charge in [-0.15, -0.1) is 0 Å². The summed E-state index contributed by atoms with van der Waals surface area (Å²) >= 11 is 0. The van der Waals surface area contributed by atoms with Crippen molar-refractivity contribution >= 4 is 11.9 Å². The van der Waals surface area contributed by atoms with Crippen molar-refractivity contribution in [2.45, 2.75) is 31.7 Å². The lowest BCUT2D eigenvalue weighted by Crippen LogP contribution is -2.27. The molecule has 0 heterocycles. The summed E-state index contributed by atoms with van der Waals surface area (Å²) in [5, 5.41) is 11.8. The summed E-state index contributed by atoms with van der Waals surface area (Å²) in [5.74, 6) is -1.26. The highest BCUT2D eigenvalue weighted by molar-refractivity contribution is 5.87. The van der Waals surface area contributed by atoms with Crippen LogP contribution in [0, 0.1) is 5.82 Å². The van der Waals surface area contributed by atoms with Gasteiger partial charge in [-0.25, -0.2) is 9.18 Å². The van der Waals surface area contributed by atoms with Crippen LogP contribution in [0.2, 0.25) is 0 Å². The molecule has 1 aliphatic carbocycles. The van der Waals surface area contributed by atoms with Gasteiger partial charge in [0, 0.05) is 6.42 Å². The van der Waals surface area contributed by atoms with Gasteiger partial charge >= 0.3 is 5.97 Å². The lowest BCUT2D eigenvalue weighted by atomic mass is 10.1. The van der Waals surface area contributed by atoms with Gasteiger partial charge in [-0.3, -0.25) is 4.79 Å². The molecule has 24 heavy (non-hydrogen) atoms. The Labute approximate surface area is 139 Å². The van der Waals surface area contributed by atoms with Gasteiger partial charge in [0.15, 0.2) is 0 Å². The van der Waals surface area contributed by atoms with Crippen molar-refractivity contribution in [3.05, 3.63) is 70.5 Å². The van der Waals surface area contributed by atoms with E-state index in [2.05, 4.69) is 5.32 Å². The van der Waals surface area contributed by atoms with Crippen molar-refractivity contribution in [1.29, 1.82) is 0 Å². The number of nitrogens with one attached hydrogen (secondary N) is 1. The Kier molecular flexibility index (Phi) is 4.60. The lowest BCUT2D eigenvalue weighted by molar-refractivity contribution is -0.121. The van der Waals surface area contributed by atoms with Crippen molar-refractivity contribution in [2.75, 3.05) is 0 Å². The van der Waals surface area contributed by atoms with Crippen molar-refractivity contribution in [2.24, 2.45) is 0 Å². The highest BCUT2D eigenvalue weighted by atomic mass is 19.1. The largest absolute Gasteiger partial charge is 0.478 e. The normalized spacial score (nSPS) is 15.8. The predicted octanol–water partition coefficient (Wildman–Crippen LogP) is 3.26. The van der Waals surface area contributed by atoms with E-state index in [0.717, 1.165) is 17.5 Å². The summed E-state index contributed by atoms with van der Waals surface area (Å²) in [5.41, 5.74) is 2.71. The molecule has 0 radical (unpaired) electrons. The molecule has 4 nitrogen and oxygen atoms in total. The van der Waals surface area contributed by atoms with Crippen LogP contribution < -0.4 is 5.32 Å². The molecule has 2 N–H and O–H groups in total. The molecule has 0 fully saturated rings. The van der Waals surface area contributed by atoms with E-state index in [1.54, 1.807) is 18.2 Å². The summed E-state index contributed by atoms with van der Waals surface area (Å²) < 4.78 is 13.7. The molecule has 1 amide bonds. The smallest absolute Gasteiger partial charge is 0.335 e. The zero-order chi connectivity index (χ0) is 17.1. The predicted molar refractivity (Wildman–Crippen MR) is 87.3 cm³/mol. The molecule has 3 rings (SSSR count). The van der Waals surface area contributed by atoms with Crippen LogP contribution in [0.25, 0.3) is 0 Å². The standard InChI is InChI=1S/C19H18FNO3/c20-16-3-1-2-15-14(16)9-10-17(15)21-18(22)11-6-12-4-7-13(8-5-12)19(23)24/h1-5,7-8,17H,6,9-11H2,(H,21,22)(H,23,24). The summed E-state index contributed by atoms with van der Waals surface area (Å²) in [6.07, 6.45) is 2.21. The van der Waals surface area contributed by atoms with Crippen LogP contribution in [0.15, 0.2) is 42.5 Å². The van der Waals surface area contributed by atoms with Gasteiger partial charge in [0.2, 0.25) is 5.91 Å². The Morgan fingerprint density at radius 3 is 2.62 bits per heavy atom. The topological polar surface area (TPSA) is 66.4 Å². The van der Waals surface area contributed by atoms with Gasteiger partial charge in [0.25, 0.3) is 0 Å². The Morgan fingerprint density at radius 2 is 1.92 bits per heavy atom. The average molecular weight is 327 g/mol. The fourth-order valence-electron chi connectivity index (χ4n) is 3.10. The minimum atomic E-state index is -0.966. The first kappa shape index (κ1) is 16.2. The van der Waals surface area contributed by atoms with Gasteiger partial charge in [-0.2, -0.15) is 0 Å². The number of aryl methyl sites for hydroxylation is 1. The first-order chi connectivity index (χ1) is 11.5. The molecule has 0 aliphatic heterocycles. The molecule has 0 aromatic heterocycles. The lowest BCUT2D eigenvalue weighted by Gasteiger charge is -2.14. The van der Waals surface area contributed by atoms with Gasteiger partial charge < -0.3 is 10.4 Å². The maximum atomic E-state index is 13.7. The third-order valence-corrected chi connectivity index (χ3v) is 4.39. The highest BCUT2D eigenvalue weighted by Gasteiger charge is 2.25. The van der Waals surface area contributed by atoms with Gasteiger partial charge in [0.1, 0.15) is 5.82 Å². The summed E-state index contributed by atoms with van der Waals surface area (Å²) in [4.78, 5) is 22.9. The van der Waals surface area contributed by atoms with Crippen LogP contribution in [-0.4, -0.2) is 17.0 Å². The van der Waals surface area contributed by atoms with E-state index in [0.29, 0.717) is 24.8 Å². The van der Waals surface area contributed by atoms with Crippen LogP contribution in [0.1, 0.15) is 45.9 Å².